The van der Waals surface area contributed by atoms with Crippen LogP contribution in [0.1, 0.15) is 16.8 Å². The van der Waals surface area contributed by atoms with Crippen LogP contribution in [-0.4, -0.2) is 14.5 Å². The van der Waals surface area contributed by atoms with Crippen LogP contribution in [0.25, 0.3) is 16.0 Å². The predicted octanol–water partition coefficient (Wildman–Crippen LogP) is 5.95. The second-order valence-electron chi connectivity index (χ2n) is 6.93. The summed E-state index contributed by atoms with van der Waals surface area (Å²) in [7, 11) is 0. The smallest absolute Gasteiger partial charge is 0.220 e. The van der Waals surface area contributed by atoms with Crippen LogP contribution >= 0.6 is 0 Å². The molecule has 0 aliphatic rings. The maximum absolute atomic E-state index is 7.03. The summed E-state index contributed by atoms with van der Waals surface area (Å²) in [5.74, 6) is 1.29. The molecule has 0 aliphatic carbocycles. The molecule has 0 unspecified atom stereocenters. The lowest BCUT2D eigenvalue weighted by atomic mass is 10.0. The van der Waals surface area contributed by atoms with Crippen LogP contribution in [0.15, 0.2) is 73.3 Å². The molecule has 0 saturated carbocycles. The first kappa shape index (κ1) is 18.5. The van der Waals surface area contributed by atoms with Crippen molar-refractivity contribution >= 4 is 5.69 Å². The molecule has 0 spiro atoms. The molecule has 0 N–H and O–H groups in total. The molecule has 4 aromatic rings. The van der Waals surface area contributed by atoms with E-state index in [1.165, 1.54) is 16.7 Å². The number of nitrogens with zero attached hydrogens (tertiary/aromatic N) is 4. The molecule has 5 heteroatoms. The molecule has 4 rings (SSSR count). The highest BCUT2D eigenvalue weighted by atomic mass is 16.5. The van der Waals surface area contributed by atoms with Crippen molar-refractivity contribution in [1.29, 1.82) is 0 Å². The van der Waals surface area contributed by atoms with Crippen LogP contribution in [0.2, 0.25) is 0 Å². The van der Waals surface area contributed by atoms with Gasteiger partial charge in [-0.25, -0.2) is 9.83 Å². The lowest BCUT2D eigenvalue weighted by Crippen LogP contribution is -2.03. The molecule has 2 aromatic heterocycles. The van der Waals surface area contributed by atoms with E-state index in [-0.39, 0.29) is 0 Å². The zero-order valence-corrected chi connectivity index (χ0v) is 16.3. The van der Waals surface area contributed by atoms with Gasteiger partial charge in [-0.05, 0) is 43.2 Å². The Morgan fingerprint density at radius 3 is 2.59 bits per heavy atom. The van der Waals surface area contributed by atoms with Crippen molar-refractivity contribution in [2.75, 3.05) is 0 Å². The first-order valence-corrected chi connectivity index (χ1v) is 9.30. The first-order chi connectivity index (χ1) is 14.1. The van der Waals surface area contributed by atoms with Crippen molar-refractivity contribution < 1.29 is 4.74 Å². The lowest BCUT2D eigenvalue weighted by Gasteiger charge is -2.12. The SMILES string of the molecule is [C-]#[N+]c1ccc(Oc2cncn2Cc2cc(C)c(-c3cccc(C)c3)cn2)cc1. The maximum Gasteiger partial charge on any atom is 0.220 e. The monoisotopic (exact) mass is 380 g/mol. The van der Waals surface area contributed by atoms with Crippen molar-refractivity contribution in [3.63, 3.8) is 0 Å². The number of hydrogen-bond donors (Lipinski definition) is 0. The summed E-state index contributed by atoms with van der Waals surface area (Å²) < 4.78 is 7.84. The van der Waals surface area contributed by atoms with E-state index < -0.39 is 0 Å². The van der Waals surface area contributed by atoms with Gasteiger partial charge in [0.15, 0.2) is 5.69 Å². The quantitative estimate of drug-likeness (QED) is 0.402. The van der Waals surface area contributed by atoms with Crippen molar-refractivity contribution in [1.82, 2.24) is 14.5 Å². The molecule has 29 heavy (non-hydrogen) atoms. The second-order valence-corrected chi connectivity index (χ2v) is 6.93. The van der Waals surface area contributed by atoms with Crippen LogP contribution < -0.4 is 4.74 Å². The van der Waals surface area contributed by atoms with Gasteiger partial charge in [0.1, 0.15) is 5.75 Å². The van der Waals surface area contributed by atoms with Gasteiger partial charge in [-0.2, -0.15) is 0 Å². The number of aryl methyl sites for hydroxylation is 2. The van der Waals surface area contributed by atoms with Crippen molar-refractivity contribution in [3.8, 4) is 22.8 Å². The number of pyridine rings is 1. The summed E-state index contributed by atoms with van der Waals surface area (Å²) in [5.41, 5.74) is 6.24. The standard InChI is InChI=1S/C24H20N4O/c1-17-5-4-6-19(11-17)23-13-27-21(12-18(23)2)15-28-16-26-14-24(28)29-22-9-7-20(25-3)8-10-22/h4-14,16H,15H2,1-2H3. The summed E-state index contributed by atoms with van der Waals surface area (Å²) >= 11 is 0. The highest BCUT2D eigenvalue weighted by Crippen LogP contribution is 2.26. The zero-order chi connectivity index (χ0) is 20.2. The third kappa shape index (κ3) is 4.17. The molecule has 0 aliphatic heterocycles. The van der Waals surface area contributed by atoms with Crippen molar-refractivity contribution in [2.45, 2.75) is 20.4 Å². The Bertz CT molecular complexity index is 1190. The van der Waals surface area contributed by atoms with E-state index in [0.717, 1.165) is 11.3 Å². The van der Waals surface area contributed by atoms with E-state index in [1.54, 1.807) is 36.8 Å². The maximum atomic E-state index is 7.03. The Morgan fingerprint density at radius 2 is 1.86 bits per heavy atom. The average Bonchev–Trinajstić information content (AvgIpc) is 3.15. The second kappa shape index (κ2) is 7.99. The van der Waals surface area contributed by atoms with Gasteiger partial charge in [-0.15, -0.1) is 0 Å². The van der Waals surface area contributed by atoms with E-state index in [2.05, 4.69) is 59.0 Å². The number of ether oxygens (including phenoxy) is 1. The number of benzene rings is 2. The molecular weight excluding hydrogens is 360 g/mol. The molecule has 142 valence electrons. The minimum Gasteiger partial charge on any atom is -0.439 e. The summed E-state index contributed by atoms with van der Waals surface area (Å²) in [5, 5.41) is 0. The Labute approximate surface area is 170 Å². The summed E-state index contributed by atoms with van der Waals surface area (Å²) in [6.45, 7) is 11.8. The third-order valence-corrected chi connectivity index (χ3v) is 4.69. The molecule has 0 bridgehead atoms. The largest absolute Gasteiger partial charge is 0.439 e. The van der Waals surface area contributed by atoms with Gasteiger partial charge in [0.05, 0.1) is 31.3 Å². The fourth-order valence-electron chi connectivity index (χ4n) is 3.21. The van der Waals surface area contributed by atoms with Crippen LogP contribution in [0.3, 0.4) is 0 Å². The predicted molar refractivity (Wildman–Crippen MR) is 113 cm³/mol. The van der Waals surface area contributed by atoms with E-state index >= 15 is 0 Å². The molecule has 0 amide bonds. The van der Waals surface area contributed by atoms with E-state index in [0.29, 0.717) is 23.9 Å². The Balaban J connectivity index is 1.53. The molecule has 0 fully saturated rings. The van der Waals surface area contributed by atoms with Gasteiger partial charge in [0, 0.05) is 11.8 Å². The first-order valence-electron chi connectivity index (χ1n) is 9.30. The molecule has 0 saturated heterocycles. The van der Waals surface area contributed by atoms with Crippen LogP contribution in [0.5, 0.6) is 11.6 Å². The van der Waals surface area contributed by atoms with E-state index in [4.69, 9.17) is 11.3 Å². The molecule has 2 heterocycles. The number of hydrogen-bond acceptors (Lipinski definition) is 3. The minimum atomic E-state index is 0.560. The lowest BCUT2D eigenvalue weighted by molar-refractivity contribution is 0.435. The normalized spacial score (nSPS) is 10.5. The topological polar surface area (TPSA) is 44.3 Å². The zero-order valence-electron chi connectivity index (χ0n) is 16.3. The van der Waals surface area contributed by atoms with Gasteiger partial charge in [0.25, 0.3) is 0 Å². The fraction of sp³-hybridized carbons (Fsp3) is 0.125. The molecule has 5 nitrogen and oxygen atoms in total. The average molecular weight is 380 g/mol. The molecule has 0 radical (unpaired) electrons. The van der Waals surface area contributed by atoms with Gasteiger partial charge in [-0.1, -0.05) is 42.0 Å². The Hall–Kier alpha value is -3.91. The van der Waals surface area contributed by atoms with Gasteiger partial charge < -0.3 is 4.74 Å². The molecule has 2 aromatic carbocycles. The van der Waals surface area contributed by atoms with Gasteiger partial charge in [-0.3, -0.25) is 9.55 Å². The van der Waals surface area contributed by atoms with Crippen LogP contribution in [0.4, 0.5) is 5.69 Å². The van der Waals surface area contributed by atoms with E-state index in [9.17, 15) is 0 Å². The minimum absolute atomic E-state index is 0.560. The van der Waals surface area contributed by atoms with Crippen LogP contribution in [-0.2, 0) is 6.54 Å². The third-order valence-electron chi connectivity index (χ3n) is 4.69. The highest BCUT2D eigenvalue weighted by Gasteiger charge is 2.09. The van der Waals surface area contributed by atoms with Gasteiger partial charge >= 0.3 is 0 Å². The Kier molecular flexibility index (Phi) is 5.08. The number of rotatable bonds is 5. The van der Waals surface area contributed by atoms with Gasteiger partial charge in [0.2, 0.25) is 5.88 Å². The van der Waals surface area contributed by atoms with Crippen molar-refractivity contribution in [2.24, 2.45) is 0 Å². The summed E-state index contributed by atoms with van der Waals surface area (Å²) in [6.07, 6.45) is 5.34. The van der Waals surface area contributed by atoms with E-state index in [1.807, 2.05) is 10.8 Å². The number of aromatic nitrogens is 3. The summed E-state index contributed by atoms with van der Waals surface area (Å²) in [6, 6.07) is 17.6. The molecular formula is C24H20N4O. The highest BCUT2D eigenvalue weighted by molar-refractivity contribution is 5.67. The van der Waals surface area contributed by atoms with Crippen molar-refractivity contribution in [3.05, 3.63) is 102 Å². The Morgan fingerprint density at radius 1 is 1.03 bits per heavy atom. The molecule has 0 atom stereocenters. The fourth-order valence-corrected chi connectivity index (χ4v) is 3.21. The van der Waals surface area contributed by atoms with Crippen LogP contribution in [0, 0.1) is 20.4 Å². The summed E-state index contributed by atoms with van der Waals surface area (Å²) in [4.78, 5) is 12.3. The number of imidazole rings is 1.